The highest BCUT2D eigenvalue weighted by atomic mass is 32.2. The molecule has 0 aromatic heterocycles. The Bertz CT molecular complexity index is 525. The van der Waals surface area contributed by atoms with Crippen molar-refractivity contribution >= 4 is 11.8 Å². The van der Waals surface area contributed by atoms with Crippen molar-refractivity contribution in [3.63, 3.8) is 0 Å². The summed E-state index contributed by atoms with van der Waals surface area (Å²) < 4.78 is 5.21. The van der Waals surface area contributed by atoms with E-state index < -0.39 is 0 Å². The van der Waals surface area contributed by atoms with E-state index in [1.165, 1.54) is 16.0 Å². The standard InChI is InChI=1S/C16H19NOS/c1-17-16(12-8-10-13(18-2)11-9-12)14-6-4-5-7-15(14)19-3/h4-11,16-17H,1-3H3. The maximum Gasteiger partial charge on any atom is 0.118 e. The van der Waals surface area contributed by atoms with Crippen molar-refractivity contribution in [3.8, 4) is 5.75 Å². The molecule has 0 heterocycles. The molecule has 0 radical (unpaired) electrons. The van der Waals surface area contributed by atoms with Gasteiger partial charge in [-0.25, -0.2) is 0 Å². The largest absolute Gasteiger partial charge is 0.497 e. The molecule has 0 aliphatic carbocycles. The number of thioether (sulfide) groups is 1. The molecule has 2 nitrogen and oxygen atoms in total. The molecule has 2 aromatic rings. The number of rotatable bonds is 5. The fraction of sp³-hybridized carbons (Fsp3) is 0.250. The quantitative estimate of drug-likeness (QED) is 0.839. The van der Waals surface area contributed by atoms with Crippen molar-refractivity contribution in [2.24, 2.45) is 0 Å². The fourth-order valence-electron chi connectivity index (χ4n) is 2.20. The second kappa shape index (κ2) is 6.64. The minimum atomic E-state index is 0.203. The molecule has 1 atom stereocenters. The second-order valence-corrected chi connectivity index (χ2v) is 5.08. The smallest absolute Gasteiger partial charge is 0.118 e. The highest BCUT2D eigenvalue weighted by Gasteiger charge is 2.14. The van der Waals surface area contributed by atoms with Crippen LogP contribution in [-0.2, 0) is 0 Å². The Kier molecular flexibility index (Phi) is 4.88. The molecule has 100 valence electrons. The molecular formula is C16H19NOS. The summed E-state index contributed by atoms with van der Waals surface area (Å²) >= 11 is 1.78. The molecule has 1 unspecified atom stereocenters. The Morgan fingerprint density at radius 1 is 1.05 bits per heavy atom. The van der Waals surface area contributed by atoms with E-state index in [-0.39, 0.29) is 6.04 Å². The van der Waals surface area contributed by atoms with E-state index in [1.54, 1.807) is 18.9 Å². The lowest BCUT2D eigenvalue weighted by molar-refractivity contribution is 0.414. The summed E-state index contributed by atoms with van der Waals surface area (Å²) in [5.41, 5.74) is 2.55. The van der Waals surface area contributed by atoms with Gasteiger partial charge in [0.15, 0.2) is 0 Å². The van der Waals surface area contributed by atoms with Crippen LogP contribution < -0.4 is 10.1 Å². The van der Waals surface area contributed by atoms with E-state index >= 15 is 0 Å². The van der Waals surface area contributed by atoms with Gasteiger partial charge in [-0.2, -0.15) is 0 Å². The topological polar surface area (TPSA) is 21.3 Å². The van der Waals surface area contributed by atoms with Crippen molar-refractivity contribution in [3.05, 3.63) is 59.7 Å². The molecule has 1 N–H and O–H groups in total. The molecule has 3 heteroatoms. The molecule has 19 heavy (non-hydrogen) atoms. The lowest BCUT2D eigenvalue weighted by Gasteiger charge is -2.20. The van der Waals surface area contributed by atoms with Crippen LogP contribution in [0.5, 0.6) is 5.75 Å². The molecule has 2 aromatic carbocycles. The Hall–Kier alpha value is -1.45. The zero-order valence-corrected chi connectivity index (χ0v) is 12.3. The van der Waals surface area contributed by atoms with Gasteiger partial charge in [0.2, 0.25) is 0 Å². The van der Waals surface area contributed by atoms with Crippen LogP contribution >= 0.6 is 11.8 Å². The number of nitrogens with one attached hydrogen (secondary N) is 1. The fourth-order valence-corrected chi connectivity index (χ4v) is 2.84. The number of ether oxygens (including phenoxy) is 1. The third-order valence-electron chi connectivity index (χ3n) is 3.19. The summed E-state index contributed by atoms with van der Waals surface area (Å²) in [5, 5.41) is 3.39. The summed E-state index contributed by atoms with van der Waals surface area (Å²) in [6, 6.07) is 16.9. The predicted octanol–water partition coefficient (Wildman–Crippen LogP) is 3.73. The first kappa shape index (κ1) is 14.0. The van der Waals surface area contributed by atoms with E-state index in [9.17, 15) is 0 Å². The van der Waals surface area contributed by atoms with E-state index in [1.807, 2.05) is 19.2 Å². The van der Waals surface area contributed by atoms with E-state index in [0.29, 0.717) is 0 Å². The first-order valence-electron chi connectivity index (χ1n) is 6.24. The van der Waals surface area contributed by atoms with Gasteiger partial charge in [-0.05, 0) is 42.6 Å². The Labute approximate surface area is 119 Å². The van der Waals surface area contributed by atoms with Gasteiger partial charge < -0.3 is 10.1 Å². The van der Waals surface area contributed by atoms with Crippen molar-refractivity contribution < 1.29 is 4.74 Å². The highest BCUT2D eigenvalue weighted by Crippen LogP contribution is 2.30. The van der Waals surface area contributed by atoms with Gasteiger partial charge in [0, 0.05) is 4.90 Å². The first-order valence-corrected chi connectivity index (χ1v) is 7.46. The van der Waals surface area contributed by atoms with Crippen LogP contribution in [0.1, 0.15) is 17.2 Å². The average molecular weight is 273 g/mol. The third-order valence-corrected chi connectivity index (χ3v) is 4.00. The Morgan fingerprint density at radius 3 is 2.32 bits per heavy atom. The highest BCUT2D eigenvalue weighted by molar-refractivity contribution is 7.98. The van der Waals surface area contributed by atoms with Crippen LogP contribution in [0.4, 0.5) is 0 Å². The van der Waals surface area contributed by atoms with Gasteiger partial charge >= 0.3 is 0 Å². The Morgan fingerprint density at radius 2 is 1.74 bits per heavy atom. The van der Waals surface area contributed by atoms with Gasteiger partial charge in [0.25, 0.3) is 0 Å². The predicted molar refractivity (Wildman–Crippen MR) is 82.1 cm³/mol. The molecule has 0 fully saturated rings. The van der Waals surface area contributed by atoms with Crippen LogP contribution in [-0.4, -0.2) is 20.4 Å². The van der Waals surface area contributed by atoms with Crippen molar-refractivity contribution in [1.29, 1.82) is 0 Å². The molecule has 0 amide bonds. The monoisotopic (exact) mass is 273 g/mol. The third kappa shape index (κ3) is 3.11. The van der Waals surface area contributed by atoms with Crippen LogP contribution in [0.25, 0.3) is 0 Å². The van der Waals surface area contributed by atoms with Crippen LogP contribution in [0.2, 0.25) is 0 Å². The molecule has 0 spiro atoms. The van der Waals surface area contributed by atoms with Crippen LogP contribution in [0, 0.1) is 0 Å². The summed E-state index contributed by atoms with van der Waals surface area (Å²) in [4.78, 5) is 1.30. The minimum absolute atomic E-state index is 0.203. The normalized spacial score (nSPS) is 12.2. The van der Waals surface area contributed by atoms with Gasteiger partial charge in [0.1, 0.15) is 5.75 Å². The second-order valence-electron chi connectivity index (χ2n) is 4.24. The number of methoxy groups -OCH3 is 1. The van der Waals surface area contributed by atoms with Gasteiger partial charge in [-0.1, -0.05) is 30.3 Å². The molecule has 0 saturated carbocycles. The van der Waals surface area contributed by atoms with Crippen molar-refractivity contribution in [2.75, 3.05) is 20.4 Å². The summed E-state index contributed by atoms with van der Waals surface area (Å²) in [6.07, 6.45) is 2.11. The number of hydrogen-bond donors (Lipinski definition) is 1. The molecule has 0 saturated heterocycles. The van der Waals surface area contributed by atoms with Crippen molar-refractivity contribution in [1.82, 2.24) is 5.32 Å². The van der Waals surface area contributed by atoms with Gasteiger partial charge in [-0.15, -0.1) is 11.8 Å². The average Bonchev–Trinajstić information content (AvgIpc) is 2.49. The molecular weight excluding hydrogens is 254 g/mol. The lowest BCUT2D eigenvalue weighted by Crippen LogP contribution is -2.18. The Balaban J connectivity index is 2.37. The number of hydrogen-bond acceptors (Lipinski definition) is 3. The zero-order valence-electron chi connectivity index (χ0n) is 11.5. The lowest BCUT2D eigenvalue weighted by atomic mass is 9.99. The number of benzene rings is 2. The maximum atomic E-state index is 5.21. The maximum absolute atomic E-state index is 5.21. The van der Waals surface area contributed by atoms with Gasteiger partial charge in [0.05, 0.1) is 13.2 Å². The molecule has 0 bridgehead atoms. The van der Waals surface area contributed by atoms with E-state index in [2.05, 4.69) is 48.0 Å². The molecule has 2 rings (SSSR count). The summed E-state index contributed by atoms with van der Waals surface area (Å²) in [6.45, 7) is 0. The zero-order chi connectivity index (χ0) is 13.7. The van der Waals surface area contributed by atoms with E-state index in [4.69, 9.17) is 4.74 Å². The van der Waals surface area contributed by atoms with Crippen LogP contribution in [0.3, 0.4) is 0 Å². The molecule has 0 aliphatic rings. The first-order chi connectivity index (χ1) is 9.30. The summed E-state index contributed by atoms with van der Waals surface area (Å²) in [7, 11) is 3.68. The van der Waals surface area contributed by atoms with Gasteiger partial charge in [-0.3, -0.25) is 0 Å². The molecule has 0 aliphatic heterocycles. The minimum Gasteiger partial charge on any atom is -0.497 e. The summed E-state index contributed by atoms with van der Waals surface area (Å²) in [5.74, 6) is 0.886. The SMILES string of the molecule is CNC(c1ccc(OC)cc1)c1ccccc1SC. The van der Waals surface area contributed by atoms with Crippen LogP contribution in [0.15, 0.2) is 53.4 Å². The van der Waals surface area contributed by atoms with Crippen molar-refractivity contribution in [2.45, 2.75) is 10.9 Å². The van der Waals surface area contributed by atoms with E-state index in [0.717, 1.165) is 5.75 Å².